The monoisotopic (exact) mass is 219 g/mol. The first-order chi connectivity index (χ1) is 7.78. The Kier molecular flexibility index (Phi) is 3.62. The molecule has 1 atom stereocenters. The summed E-state index contributed by atoms with van der Waals surface area (Å²) >= 11 is 0. The van der Waals surface area contributed by atoms with Crippen LogP contribution < -0.4 is 0 Å². The molecule has 0 spiro atoms. The predicted octanol–water partition coefficient (Wildman–Crippen LogP) is 2.34. The lowest BCUT2D eigenvalue weighted by molar-refractivity contribution is 0.176. The van der Waals surface area contributed by atoms with Crippen LogP contribution in [-0.4, -0.2) is 22.6 Å². The van der Waals surface area contributed by atoms with E-state index in [0.29, 0.717) is 6.04 Å². The number of benzene rings is 1. The molecule has 0 amide bonds. The molecule has 1 aliphatic heterocycles. The van der Waals surface area contributed by atoms with Crippen molar-refractivity contribution in [2.24, 2.45) is 0 Å². The van der Waals surface area contributed by atoms with E-state index < -0.39 is 0 Å². The van der Waals surface area contributed by atoms with Crippen molar-refractivity contribution in [2.45, 2.75) is 45.9 Å². The van der Waals surface area contributed by atoms with Crippen LogP contribution in [0.2, 0.25) is 0 Å². The van der Waals surface area contributed by atoms with Gasteiger partial charge < -0.3 is 5.11 Å². The van der Waals surface area contributed by atoms with Crippen molar-refractivity contribution in [1.82, 2.24) is 4.90 Å². The minimum atomic E-state index is 0.154. The molecule has 1 N–H and O–H groups in total. The van der Waals surface area contributed by atoms with E-state index in [2.05, 4.69) is 30.9 Å². The van der Waals surface area contributed by atoms with E-state index in [4.69, 9.17) is 5.11 Å². The summed E-state index contributed by atoms with van der Waals surface area (Å²) in [4.78, 5) is 2.54. The first-order valence-corrected chi connectivity index (χ1v) is 6.24. The zero-order valence-electron chi connectivity index (χ0n) is 10.2. The van der Waals surface area contributed by atoms with Crippen molar-refractivity contribution >= 4 is 0 Å². The molecule has 88 valence electrons. The molecule has 0 saturated carbocycles. The standard InChI is InChI=1S/C14H21NO/c1-3-14-8-13-7-11(10-16)5-6-12(13)9-15(14)4-2/h5-7,14,16H,3-4,8-10H2,1-2H3. The fraction of sp³-hybridized carbons (Fsp3) is 0.571. The second kappa shape index (κ2) is 4.98. The lowest BCUT2D eigenvalue weighted by Gasteiger charge is -2.36. The first kappa shape index (κ1) is 11.6. The summed E-state index contributed by atoms with van der Waals surface area (Å²) in [6, 6.07) is 7.06. The minimum absolute atomic E-state index is 0.154. The molecule has 0 saturated heterocycles. The summed E-state index contributed by atoms with van der Waals surface area (Å²) in [5.74, 6) is 0. The van der Waals surface area contributed by atoms with Crippen LogP contribution in [0.25, 0.3) is 0 Å². The van der Waals surface area contributed by atoms with E-state index in [0.717, 1.165) is 25.1 Å². The third-order valence-corrected chi connectivity index (χ3v) is 3.68. The molecular formula is C14H21NO. The minimum Gasteiger partial charge on any atom is -0.392 e. The Morgan fingerprint density at radius 3 is 2.75 bits per heavy atom. The third-order valence-electron chi connectivity index (χ3n) is 3.68. The summed E-state index contributed by atoms with van der Waals surface area (Å²) in [7, 11) is 0. The van der Waals surface area contributed by atoms with E-state index >= 15 is 0 Å². The van der Waals surface area contributed by atoms with Gasteiger partial charge >= 0.3 is 0 Å². The van der Waals surface area contributed by atoms with Crippen molar-refractivity contribution < 1.29 is 5.11 Å². The summed E-state index contributed by atoms with van der Waals surface area (Å²) in [5, 5.41) is 9.15. The summed E-state index contributed by atoms with van der Waals surface area (Å²) in [5.41, 5.74) is 3.91. The number of hydrogen-bond donors (Lipinski definition) is 1. The van der Waals surface area contributed by atoms with Gasteiger partial charge in [-0.1, -0.05) is 32.0 Å². The molecule has 0 radical (unpaired) electrons. The van der Waals surface area contributed by atoms with Gasteiger partial charge in [0.1, 0.15) is 0 Å². The second-order valence-electron chi connectivity index (χ2n) is 4.59. The number of likely N-dealkylation sites (N-methyl/N-ethyl adjacent to an activating group) is 1. The van der Waals surface area contributed by atoms with Crippen molar-refractivity contribution in [2.75, 3.05) is 6.54 Å². The Balaban J connectivity index is 2.27. The van der Waals surface area contributed by atoms with Crippen molar-refractivity contribution in [3.05, 3.63) is 34.9 Å². The van der Waals surface area contributed by atoms with E-state index in [9.17, 15) is 0 Å². The Bertz CT molecular complexity index is 362. The van der Waals surface area contributed by atoms with Crippen LogP contribution in [0.5, 0.6) is 0 Å². The van der Waals surface area contributed by atoms with E-state index in [1.165, 1.54) is 17.5 Å². The van der Waals surface area contributed by atoms with Gasteiger partial charge in [0.05, 0.1) is 6.61 Å². The Morgan fingerprint density at radius 2 is 2.12 bits per heavy atom. The maximum Gasteiger partial charge on any atom is 0.0681 e. The molecule has 0 aromatic heterocycles. The molecule has 0 bridgehead atoms. The number of hydrogen-bond acceptors (Lipinski definition) is 2. The van der Waals surface area contributed by atoms with E-state index in [1.807, 2.05) is 6.07 Å². The average molecular weight is 219 g/mol. The number of rotatable bonds is 3. The fourth-order valence-corrected chi connectivity index (χ4v) is 2.63. The van der Waals surface area contributed by atoms with Crippen LogP contribution in [0.4, 0.5) is 0 Å². The van der Waals surface area contributed by atoms with Gasteiger partial charge in [0.15, 0.2) is 0 Å². The van der Waals surface area contributed by atoms with Gasteiger partial charge in [0.2, 0.25) is 0 Å². The first-order valence-electron chi connectivity index (χ1n) is 6.24. The van der Waals surface area contributed by atoms with Gasteiger partial charge in [-0.15, -0.1) is 0 Å². The topological polar surface area (TPSA) is 23.5 Å². The van der Waals surface area contributed by atoms with Gasteiger partial charge in [-0.05, 0) is 36.1 Å². The van der Waals surface area contributed by atoms with Gasteiger partial charge in [0.25, 0.3) is 0 Å². The van der Waals surface area contributed by atoms with Gasteiger partial charge in [-0.25, -0.2) is 0 Å². The van der Waals surface area contributed by atoms with Gasteiger partial charge in [-0.3, -0.25) is 4.90 Å². The predicted molar refractivity (Wildman–Crippen MR) is 66.2 cm³/mol. The van der Waals surface area contributed by atoms with Crippen molar-refractivity contribution in [3.8, 4) is 0 Å². The van der Waals surface area contributed by atoms with Gasteiger partial charge in [-0.2, -0.15) is 0 Å². The van der Waals surface area contributed by atoms with Crippen LogP contribution in [0.3, 0.4) is 0 Å². The average Bonchev–Trinajstić information content (AvgIpc) is 2.36. The fourth-order valence-electron chi connectivity index (χ4n) is 2.63. The maximum atomic E-state index is 9.15. The van der Waals surface area contributed by atoms with Crippen molar-refractivity contribution in [3.63, 3.8) is 0 Å². The SMILES string of the molecule is CCC1Cc2cc(CO)ccc2CN1CC. The van der Waals surface area contributed by atoms with Crippen molar-refractivity contribution in [1.29, 1.82) is 0 Å². The zero-order valence-corrected chi connectivity index (χ0v) is 10.2. The van der Waals surface area contributed by atoms with Crippen LogP contribution in [0, 0.1) is 0 Å². The number of nitrogens with zero attached hydrogens (tertiary/aromatic N) is 1. The van der Waals surface area contributed by atoms with Crippen LogP contribution >= 0.6 is 0 Å². The van der Waals surface area contributed by atoms with E-state index in [1.54, 1.807) is 0 Å². The molecule has 16 heavy (non-hydrogen) atoms. The Labute approximate surface area is 97.9 Å². The molecule has 1 aliphatic rings. The number of aliphatic hydroxyl groups excluding tert-OH is 1. The molecule has 2 rings (SSSR count). The molecule has 1 aromatic carbocycles. The molecule has 1 aromatic rings. The highest BCUT2D eigenvalue weighted by Gasteiger charge is 2.23. The molecule has 1 heterocycles. The zero-order chi connectivity index (χ0) is 11.5. The number of fused-ring (bicyclic) bond motifs is 1. The molecule has 1 unspecified atom stereocenters. The quantitative estimate of drug-likeness (QED) is 0.843. The highest BCUT2D eigenvalue weighted by atomic mass is 16.3. The van der Waals surface area contributed by atoms with Gasteiger partial charge in [0, 0.05) is 12.6 Å². The van der Waals surface area contributed by atoms with Crippen LogP contribution in [0.15, 0.2) is 18.2 Å². The third kappa shape index (κ3) is 2.13. The summed E-state index contributed by atoms with van der Waals surface area (Å²) < 4.78 is 0. The lowest BCUT2D eigenvalue weighted by Crippen LogP contribution is -2.39. The highest BCUT2D eigenvalue weighted by molar-refractivity contribution is 5.34. The normalized spacial score (nSPS) is 20.8. The molecule has 0 aliphatic carbocycles. The molecule has 2 heteroatoms. The van der Waals surface area contributed by atoms with E-state index in [-0.39, 0.29) is 6.61 Å². The Hall–Kier alpha value is -0.860. The molecule has 2 nitrogen and oxygen atoms in total. The van der Waals surface area contributed by atoms with Crippen LogP contribution in [-0.2, 0) is 19.6 Å². The maximum absolute atomic E-state index is 9.15. The molecule has 0 fully saturated rings. The lowest BCUT2D eigenvalue weighted by atomic mass is 9.91. The van der Waals surface area contributed by atoms with Crippen LogP contribution in [0.1, 0.15) is 37.0 Å². The highest BCUT2D eigenvalue weighted by Crippen LogP contribution is 2.25. The summed E-state index contributed by atoms with van der Waals surface area (Å²) in [6.45, 7) is 6.83. The smallest absolute Gasteiger partial charge is 0.0681 e. The largest absolute Gasteiger partial charge is 0.392 e. The summed E-state index contributed by atoms with van der Waals surface area (Å²) in [6.07, 6.45) is 2.34. The second-order valence-corrected chi connectivity index (χ2v) is 4.59. The molecular weight excluding hydrogens is 198 g/mol. The Morgan fingerprint density at radius 1 is 1.31 bits per heavy atom. The number of aliphatic hydroxyl groups is 1.